The van der Waals surface area contributed by atoms with Crippen LogP contribution in [0.25, 0.3) is 0 Å². The summed E-state index contributed by atoms with van der Waals surface area (Å²) in [6.07, 6.45) is 1.56. The summed E-state index contributed by atoms with van der Waals surface area (Å²) >= 11 is 0. The Morgan fingerprint density at radius 2 is 1.85 bits per heavy atom. The Kier molecular flexibility index (Phi) is 1.98. The van der Waals surface area contributed by atoms with Crippen molar-refractivity contribution < 1.29 is 19.1 Å². The largest absolute Gasteiger partial charge is 0.462 e. The molecule has 2 saturated heterocycles. The molecule has 0 bridgehead atoms. The lowest BCUT2D eigenvalue weighted by molar-refractivity contribution is -0.172. The van der Waals surface area contributed by atoms with E-state index in [-0.39, 0.29) is 30.1 Å². The monoisotopic (exact) mass is 184 g/mol. The summed E-state index contributed by atoms with van der Waals surface area (Å²) < 4.78 is 9.94. The summed E-state index contributed by atoms with van der Waals surface area (Å²) in [5.74, 6) is -0.0306. The molecule has 0 aromatic carbocycles. The lowest BCUT2D eigenvalue weighted by atomic mass is 9.96. The standard InChI is InChI=1S/C9H12O4/c1-5-2-8(10)13-7(5)3-6-4-9(11)12-6/h5-7H,2-4H2,1H3. The first-order chi connectivity index (χ1) is 6.15. The SMILES string of the molecule is CC1CC(=O)OC1CC1CC(=O)O1. The summed E-state index contributed by atoms with van der Waals surface area (Å²) in [7, 11) is 0. The Morgan fingerprint density at radius 3 is 2.31 bits per heavy atom. The Balaban J connectivity index is 1.81. The van der Waals surface area contributed by atoms with Gasteiger partial charge in [-0.2, -0.15) is 0 Å². The van der Waals surface area contributed by atoms with Crippen molar-refractivity contribution in [3.05, 3.63) is 0 Å². The number of carbonyl (C=O) groups excluding carboxylic acids is 2. The van der Waals surface area contributed by atoms with Crippen molar-refractivity contribution in [2.45, 2.75) is 38.4 Å². The second-order valence-corrected chi connectivity index (χ2v) is 3.76. The van der Waals surface area contributed by atoms with E-state index in [9.17, 15) is 9.59 Å². The van der Waals surface area contributed by atoms with Crippen LogP contribution in [0.5, 0.6) is 0 Å². The molecular formula is C9H12O4. The van der Waals surface area contributed by atoms with Crippen LogP contribution in [0, 0.1) is 5.92 Å². The van der Waals surface area contributed by atoms with E-state index in [1.807, 2.05) is 6.92 Å². The van der Waals surface area contributed by atoms with Gasteiger partial charge < -0.3 is 9.47 Å². The number of carbonyl (C=O) groups is 2. The van der Waals surface area contributed by atoms with Gasteiger partial charge in [-0.1, -0.05) is 6.92 Å². The Labute approximate surface area is 76.2 Å². The molecule has 0 amide bonds. The molecule has 4 heteroatoms. The molecule has 0 saturated carbocycles. The summed E-state index contributed by atoms with van der Waals surface area (Å²) in [5.41, 5.74) is 0. The van der Waals surface area contributed by atoms with Gasteiger partial charge in [0.15, 0.2) is 0 Å². The molecule has 13 heavy (non-hydrogen) atoms. The minimum atomic E-state index is -0.151. The van der Waals surface area contributed by atoms with Gasteiger partial charge in [0.05, 0.1) is 12.8 Å². The molecule has 3 unspecified atom stereocenters. The van der Waals surface area contributed by atoms with E-state index in [2.05, 4.69) is 0 Å². The van der Waals surface area contributed by atoms with Crippen molar-refractivity contribution in [1.29, 1.82) is 0 Å². The topological polar surface area (TPSA) is 52.6 Å². The lowest BCUT2D eigenvalue weighted by Gasteiger charge is -2.28. The highest BCUT2D eigenvalue weighted by Crippen LogP contribution is 2.29. The second kappa shape index (κ2) is 3.01. The Morgan fingerprint density at radius 1 is 1.23 bits per heavy atom. The molecule has 0 aromatic rings. The van der Waals surface area contributed by atoms with Crippen LogP contribution in [0.15, 0.2) is 0 Å². The van der Waals surface area contributed by atoms with Gasteiger partial charge in [-0.15, -0.1) is 0 Å². The third kappa shape index (κ3) is 1.66. The summed E-state index contributed by atoms with van der Waals surface area (Å²) in [6.45, 7) is 1.98. The third-order valence-corrected chi connectivity index (χ3v) is 2.59. The molecular weight excluding hydrogens is 172 g/mol. The first-order valence-corrected chi connectivity index (χ1v) is 4.54. The van der Waals surface area contributed by atoms with E-state index in [1.165, 1.54) is 0 Å². The highest BCUT2D eigenvalue weighted by Gasteiger charge is 2.38. The highest BCUT2D eigenvalue weighted by atomic mass is 16.6. The van der Waals surface area contributed by atoms with Crippen molar-refractivity contribution >= 4 is 11.9 Å². The van der Waals surface area contributed by atoms with E-state index in [4.69, 9.17) is 9.47 Å². The van der Waals surface area contributed by atoms with Crippen LogP contribution >= 0.6 is 0 Å². The van der Waals surface area contributed by atoms with Gasteiger partial charge >= 0.3 is 11.9 Å². The fourth-order valence-corrected chi connectivity index (χ4v) is 1.76. The summed E-state index contributed by atoms with van der Waals surface area (Å²) in [4.78, 5) is 21.4. The number of hydrogen-bond acceptors (Lipinski definition) is 4. The average Bonchev–Trinajstić information content (AvgIpc) is 2.27. The van der Waals surface area contributed by atoms with Crippen LogP contribution in [0.3, 0.4) is 0 Å². The van der Waals surface area contributed by atoms with Crippen LogP contribution in [0.1, 0.15) is 26.2 Å². The third-order valence-electron chi connectivity index (χ3n) is 2.59. The minimum absolute atomic E-state index is 0.0224. The predicted octanol–water partition coefficient (Wildman–Crippen LogP) is 0.644. The molecule has 2 aliphatic rings. The minimum Gasteiger partial charge on any atom is -0.462 e. The molecule has 0 N–H and O–H groups in total. The van der Waals surface area contributed by atoms with Gasteiger partial charge in [-0.25, -0.2) is 0 Å². The van der Waals surface area contributed by atoms with Crippen LogP contribution in [-0.2, 0) is 19.1 Å². The number of hydrogen-bond donors (Lipinski definition) is 0. The molecule has 0 radical (unpaired) electrons. The number of cyclic esters (lactones) is 2. The van der Waals surface area contributed by atoms with Crippen molar-refractivity contribution in [1.82, 2.24) is 0 Å². The van der Waals surface area contributed by atoms with Crippen molar-refractivity contribution in [3.63, 3.8) is 0 Å². The molecule has 2 aliphatic heterocycles. The molecule has 72 valence electrons. The van der Waals surface area contributed by atoms with Crippen molar-refractivity contribution in [3.8, 4) is 0 Å². The molecule has 2 heterocycles. The van der Waals surface area contributed by atoms with Crippen LogP contribution in [0.4, 0.5) is 0 Å². The summed E-state index contributed by atoms with van der Waals surface area (Å²) in [5, 5.41) is 0. The average molecular weight is 184 g/mol. The van der Waals surface area contributed by atoms with Gasteiger partial charge in [0.25, 0.3) is 0 Å². The maximum absolute atomic E-state index is 10.9. The molecule has 4 nitrogen and oxygen atoms in total. The number of esters is 2. The van der Waals surface area contributed by atoms with Crippen molar-refractivity contribution in [2.75, 3.05) is 0 Å². The molecule has 0 aromatic heterocycles. The maximum atomic E-state index is 10.9. The lowest BCUT2D eigenvalue weighted by Crippen LogP contribution is -2.36. The van der Waals surface area contributed by atoms with E-state index in [0.29, 0.717) is 19.3 Å². The van der Waals surface area contributed by atoms with E-state index in [0.717, 1.165) is 0 Å². The number of rotatable bonds is 2. The van der Waals surface area contributed by atoms with Crippen LogP contribution in [0.2, 0.25) is 0 Å². The van der Waals surface area contributed by atoms with Gasteiger partial charge in [-0.05, 0) is 0 Å². The summed E-state index contributed by atoms with van der Waals surface area (Å²) in [6, 6.07) is 0. The van der Waals surface area contributed by atoms with Gasteiger partial charge in [0.2, 0.25) is 0 Å². The second-order valence-electron chi connectivity index (χ2n) is 3.76. The zero-order valence-corrected chi connectivity index (χ0v) is 7.49. The van der Waals surface area contributed by atoms with Gasteiger partial charge in [0, 0.05) is 12.3 Å². The fraction of sp³-hybridized carbons (Fsp3) is 0.778. The quantitative estimate of drug-likeness (QED) is 0.591. The Hall–Kier alpha value is -1.06. The number of ether oxygens (including phenoxy) is 2. The van der Waals surface area contributed by atoms with E-state index < -0.39 is 0 Å². The predicted molar refractivity (Wildman–Crippen MR) is 42.8 cm³/mol. The normalized spacial score (nSPS) is 38.1. The molecule has 2 fully saturated rings. The maximum Gasteiger partial charge on any atom is 0.309 e. The zero-order chi connectivity index (χ0) is 9.42. The molecule has 0 spiro atoms. The smallest absolute Gasteiger partial charge is 0.309 e. The first-order valence-electron chi connectivity index (χ1n) is 4.54. The molecule has 3 atom stereocenters. The highest BCUT2D eigenvalue weighted by molar-refractivity contribution is 5.75. The van der Waals surface area contributed by atoms with Crippen LogP contribution in [-0.4, -0.2) is 24.1 Å². The van der Waals surface area contributed by atoms with E-state index in [1.54, 1.807) is 0 Å². The fourth-order valence-electron chi connectivity index (χ4n) is 1.76. The molecule has 2 rings (SSSR count). The zero-order valence-electron chi connectivity index (χ0n) is 7.49. The van der Waals surface area contributed by atoms with Gasteiger partial charge in [0.1, 0.15) is 12.2 Å². The molecule has 0 aliphatic carbocycles. The van der Waals surface area contributed by atoms with Crippen molar-refractivity contribution in [2.24, 2.45) is 5.92 Å². The first kappa shape index (κ1) is 8.53. The van der Waals surface area contributed by atoms with Gasteiger partial charge in [-0.3, -0.25) is 9.59 Å². The van der Waals surface area contributed by atoms with Crippen LogP contribution < -0.4 is 0 Å². The Bertz CT molecular complexity index is 240. The van der Waals surface area contributed by atoms with E-state index >= 15 is 0 Å².